The molecule has 1 atom stereocenters. The SMILES string of the molecule is Cc1cc(NC(=O)[C@@H]2CCCCN2)ccc1C(=O)O. The molecular formula is C14H18N2O3. The molecule has 102 valence electrons. The van der Waals surface area contributed by atoms with Gasteiger partial charge in [-0.1, -0.05) is 6.42 Å². The molecule has 0 aliphatic carbocycles. The molecule has 1 aromatic rings. The number of carbonyl (C=O) groups excluding carboxylic acids is 1. The molecule has 1 saturated heterocycles. The van der Waals surface area contributed by atoms with Gasteiger partial charge in [-0.25, -0.2) is 4.79 Å². The lowest BCUT2D eigenvalue weighted by Crippen LogP contribution is -2.43. The van der Waals surface area contributed by atoms with Crippen molar-refractivity contribution in [3.8, 4) is 0 Å². The lowest BCUT2D eigenvalue weighted by molar-refractivity contribution is -0.118. The van der Waals surface area contributed by atoms with Gasteiger partial charge >= 0.3 is 5.97 Å². The van der Waals surface area contributed by atoms with Gasteiger partial charge in [-0.05, 0) is 50.1 Å². The fraction of sp³-hybridized carbons (Fsp3) is 0.429. The minimum atomic E-state index is -0.954. The number of piperidine rings is 1. The first-order chi connectivity index (χ1) is 9.08. The molecule has 0 unspecified atom stereocenters. The zero-order chi connectivity index (χ0) is 13.8. The molecule has 1 aromatic carbocycles. The Morgan fingerprint density at radius 1 is 1.37 bits per heavy atom. The van der Waals surface area contributed by atoms with E-state index in [2.05, 4.69) is 10.6 Å². The van der Waals surface area contributed by atoms with Crippen LogP contribution in [0.25, 0.3) is 0 Å². The highest BCUT2D eigenvalue weighted by Gasteiger charge is 2.20. The molecule has 0 bridgehead atoms. The second-order valence-corrected chi connectivity index (χ2v) is 4.83. The van der Waals surface area contributed by atoms with Crippen molar-refractivity contribution in [3.05, 3.63) is 29.3 Å². The zero-order valence-electron chi connectivity index (χ0n) is 10.9. The van der Waals surface area contributed by atoms with E-state index in [0.717, 1.165) is 25.8 Å². The standard InChI is InChI=1S/C14H18N2O3/c1-9-8-10(5-6-11(9)14(18)19)16-13(17)12-4-2-3-7-15-12/h5-6,8,12,15H,2-4,7H2,1H3,(H,16,17)(H,18,19)/t12-/m0/s1. The summed E-state index contributed by atoms with van der Waals surface area (Å²) >= 11 is 0. The first-order valence-electron chi connectivity index (χ1n) is 6.46. The molecule has 2 rings (SSSR count). The Kier molecular flexibility index (Phi) is 4.16. The first-order valence-corrected chi connectivity index (χ1v) is 6.46. The minimum absolute atomic E-state index is 0.0535. The van der Waals surface area contributed by atoms with E-state index >= 15 is 0 Å². The Bertz CT molecular complexity index is 493. The van der Waals surface area contributed by atoms with Crippen LogP contribution in [-0.2, 0) is 4.79 Å². The average Bonchev–Trinajstić information content (AvgIpc) is 2.39. The predicted octanol–water partition coefficient (Wildman–Crippen LogP) is 1.77. The molecule has 1 aliphatic rings. The molecule has 0 aromatic heterocycles. The fourth-order valence-corrected chi connectivity index (χ4v) is 2.29. The van der Waals surface area contributed by atoms with Crippen molar-refractivity contribution < 1.29 is 14.7 Å². The number of hydrogen-bond donors (Lipinski definition) is 3. The molecule has 0 radical (unpaired) electrons. The number of hydrogen-bond acceptors (Lipinski definition) is 3. The number of carbonyl (C=O) groups is 2. The van der Waals surface area contributed by atoms with Gasteiger partial charge in [0, 0.05) is 5.69 Å². The number of rotatable bonds is 3. The lowest BCUT2D eigenvalue weighted by atomic mass is 10.0. The Morgan fingerprint density at radius 2 is 2.16 bits per heavy atom. The first kappa shape index (κ1) is 13.5. The second-order valence-electron chi connectivity index (χ2n) is 4.83. The Balaban J connectivity index is 2.04. The summed E-state index contributed by atoms with van der Waals surface area (Å²) in [6, 6.07) is 4.68. The van der Waals surface area contributed by atoms with Crippen molar-refractivity contribution in [1.29, 1.82) is 0 Å². The fourth-order valence-electron chi connectivity index (χ4n) is 2.29. The van der Waals surface area contributed by atoms with E-state index in [9.17, 15) is 9.59 Å². The Hall–Kier alpha value is -1.88. The van der Waals surface area contributed by atoms with Crippen molar-refractivity contribution >= 4 is 17.6 Å². The summed E-state index contributed by atoms with van der Waals surface area (Å²) in [5, 5.41) is 14.9. The highest BCUT2D eigenvalue weighted by molar-refractivity contribution is 5.96. The molecular weight excluding hydrogens is 244 g/mol. The van der Waals surface area contributed by atoms with E-state index in [-0.39, 0.29) is 17.5 Å². The summed E-state index contributed by atoms with van der Waals surface area (Å²) < 4.78 is 0. The van der Waals surface area contributed by atoms with Gasteiger partial charge in [-0.2, -0.15) is 0 Å². The molecule has 0 saturated carbocycles. The maximum atomic E-state index is 12.0. The monoisotopic (exact) mass is 262 g/mol. The van der Waals surface area contributed by atoms with Crippen molar-refractivity contribution in [2.75, 3.05) is 11.9 Å². The largest absolute Gasteiger partial charge is 0.478 e. The van der Waals surface area contributed by atoms with E-state index in [1.54, 1.807) is 19.1 Å². The number of nitrogens with one attached hydrogen (secondary N) is 2. The van der Waals surface area contributed by atoms with Crippen LogP contribution in [0, 0.1) is 6.92 Å². The molecule has 1 amide bonds. The normalized spacial score (nSPS) is 18.9. The third-order valence-electron chi connectivity index (χ3n) is 3.35. The van der Waals surface area contributed by atoms with Gasteiger partial charge in [-0.15, -0.1) is 0 Å². The van der Waals surface area contributed by atoms with Crippen molar-refractivity contribution in [1.82, 2.24) is 5.32 Å². The summed E-state index contributed by atoms with van der Waals surface area (Å²) in [6.45, 7) is 2.59. The number of aromatic carboxylic acids is 1. The van der Waals surface area contributed by atoms with Crippen molar-refractivity contribution in [2.45, 2.75) is 32.2 Å². The van der Waals surface area contributed by atoms with Crippen LogP contribution in [0.1, 0.15) is 35.2 Å². The van der Waals surface area contributed by atoms with Gasteiger partial charge in [-0.3, -0.25) is 4.79 Å². The van der Waals surface area contributed by atoms with Crippen LogP contribution in [-0.4, -0.2) is 29.6 Å². The molecule has 1 heterocycles. The van der Waals surface area contributed by atoms with E-state index in [4.69, 9.17) is 5.11 Å². The van der Waals surface area contributed by atoms with E-state index in [1.807, 2.05) is 0 Å². The van der Waals surface area contributed by atoms with Gasteiger partial charge in [0.25, 0.3) is 0 Å². The zero-order valence-corrected chi connectivity index (χ0v) is 10.9. The summed E-state index contributed by atoms with van der Waals surface area (Å²) in [4.78, 5) is 22.9. The topological polar surface area (TPSA) is 78.4 Å². The Labute approximate surface area is 112 Å². The number of benzene rings is 1. The van der Waals surface area contributed by atoms with Gasteiger partial charge in [0.1, 0.15) is 0 Å². The van der Waals surface area contributed by atoms with Crippen LogP contribution >= 0.6 is 0 Å². The van der Waals surface area contributed by atoms with Gasteiger partial charge in [0.2, 0.25) is 5.91 Å². The van der Waals surface area contributed by atoms with Gasteiger partial charge in [0.15, 0.2) is 0 Å². The van der Waals surface area contributed by atoms with Crippen molar-refractivity contribution in [3.63, 3.8) is 0 Å². The van der Waals surface area contributed by atoms with E-state index in [1.165, 1.54) is 6.07 Å². The van der Waals surface area contributed by atoms with E-state index in [0.29, 0.717) is 11.3 Å². The lowest BCUT2D eigenvalue weighted by Gasteiger charge is -2.22. The highest BCUT2D eigenvalue weighted by Crippen LogP contribution is 2.16. The number of amides is 1. The van der Waals surface area contributed by atoms with Crippen LogP contribution < -0.4 is 10.6 Å². The highest BCUT2D eigenvalue weighted by atomic mass is 16.4. The number of carboxylic acids is 1. The van der Waals surface area contributed by atoms with Crippen LogP contribution in [0.4, 0.5) is 5.69 Å². The summed E-state index contributed by atoms with van der Waals surface area (Å²) in [6.07, 6.45) is 3.01. The molecule has 1 fully saturated rings. The molecule has 5 nitrogen and oxygen atoms in total. The predicted molar refractivity (Wildman–Crippen MR) is 72.4 cm³/mol. The molecule has 3 N–H and O–H groups in total. The molecule has 0 spiro atoms. The molecule has 19 heavy (non-hydrogen) atoms. The summed E-state index contributed by atoms with van der Waals surface area (Å²) in [5.41, 5.74) is 1.54. The third-order valence-corrected chi connectivity index (χ3v) is 3.35. The second kappa shape index (κ2) is 5.84. The number of anilines is 1. The molecule has 5 heteroatoms. The summed E-state index contributed by atoms with van der Waals surface area (Å²) in [7, 11) is 0. The van der Waals surface area contributed by atoms with Crippen LogP contribution in [0.3, 0.4) is 0 Å². The van der Waals surface area contributed by atoms with Crippen molar-refractivity contribution in [2.24, 2.45) is 0 Å². The van der Waals surface area contributed by atoms with Crippen LogP contribution in [0.5, 0.6) is 0 Å². The molecule has 1 aliphatic heterocycles. The summed E-state index contributed by atoms with van der Waals surface area (Å²) in [5.74, 6) is -1.01. The smallest absolute Gasteiger partial charge is 0.335 e. The number of aryl methyl sites for hydroxylation is 1. The Morgan fingerprint density at radius 3 is 2.74 bits per heavy atom. The quantitative estimate of drug-likeness (QED) is 0.775. The number of carboxylic acid groups (broad SMARTS) is 1. The maximum absolute atomic E-state index is 12.0. The van der Waals surface area contributed by atoms with Gasteiger partial charge in [0.05, 0.1) is 11.6 Å². The van der Waals surface area contributed by atoms with Crippen LogP contribution in [0.15, 0.2) is 18.2 Å². The van der Waals surface area contributed by atoms with Gasteiger partial charge < -0.3 is 15.7 Å². The van der Waals surface area contributed by atoms with Crippen LogP contribution in [0.2, 0.25) is 0 Å². The minimum Gasteiger partial charge on any atom is -0.478 e. The van der Waals surface area contributed by atoms with E-state index < -0.39 is 5.97 Å². The maximum Gasteiger partial charge on any atom is 0.335 e. The third kappa shape index (κ3) is 3.32. The average molecular weight is 262 g/mol.